The van der Waals surface area contributed by atoms with E-state index in [0.29, 0.717) is 29.1 Å². The number of amides is 1. The molecule has 0 unspecified atom stereocenters. The van der Waals surface area contributed by atoms with Gasteiger partial charge in [-0.1, -0.05) is 29.3 Å². The molecule has 0 radical (unpaired) electrons. The first kappa shape index (κ1) is 21.6. The molecule has 0 spiro atoms. The molecule has 1 aliphatic rings. The molecule has 0 fully saturated rings. The lowest BCUT2D eigenvalue weighted by Gasteiger charge is -2.22. The summed E-state index contributed by atoms with van der Waals surface area (Å²) in [6.45, 7) is 3.96. The molecule has 3 rings (SSSR count). The van der Waals surface area contributed by atoms with Crippen LogP contribution in [0.2, 0.25) is 0 Å². The van der Waals surface area contributed by atoms with Gasteiger partial charge in [0.1, 0.15) is 11.9 Å². The number of nitrogens with zero attached hydrogens (tertiary/aromatic N) is 1. The number of nitrogens with one attached hydrogen (secondary N) is 2. The van der Waals surface area contributed by atoms with Crippen molar-refractivity contribution in [1.82, 2.24) is 10.3 Å². The Kier molecular flexibility index (Phi) is 6.57. The molecule has 1 amide bonds. The highest BCUT2D eigenvalue weighted by Gasteiger charge is 2.35. The van der Waals surface area contributed by atoms with Crippen LogP contribution in [0.4, 0.5) is 10.2 Å². The summed E-state index contributed by atoms with van der Waals surface area (Å²) >= 11 is 0. The van der Waals surface area contributed by atoms with E-state index in [9.17, 15) is 19.5 Å². The largest absolute Gasteiger partial charge is 0.495 e. The zero-order valence-corrected chi connectivity index (χ0v) is 16.9. The van der Waals surface area contributed by atoms with Crippen LogP contribution in [-0.2, 0) is 4.79 Å². The number of hydrogen-bond acceptors (Lipinski definition) is 5. The Hall–Kier alpha value is -3.12. The molecule has 1 aromatic heterocycles. The first-order chi connectivity index (χ1) is 14.4. The Morgan fingerprint density at radius 2 is 2.13 bits per heavy atom. The smallest absolute Gasteiger partial charge is 0.287 e. The van der Waals surface area contributed by atoms with Gasteiger partial charge < -0.3 is 25.3 Å². The molecule has 2 aromatic rings. The summed E-state index contributed by atoms with van der Waals surface area (Å²) in [7, 11) is 1.50. The van der Waals surface area contributed by atoms with Gasteiger partial charge in [-0.3, -0.25) is 4.79 Å². The molecule has 4 N–H and O–H groups in total. The van der Waals surface area contributed by atoms with Crippen molar-refractivity contribution in [3.05, 3.63) is 47.3 Å². The second-order valence-corrected chi connectivity index (χ2v) is 6.84. The summed E-state index contributed by atoms with van der Waals surface area (Å²) in [4.78, 5) is 15.5. The number of methoxy groups -OCH3 is 1. The average Bonchev–Trinajstić information content (AvgIpc) is 3.28. The third-order valence-electron chi connectivity index (χ3n) is 4.83. The highest BCUT2D eigenvalue weighted by Crippen LogP contribution is 2.40. The van der Waals surface area contributed by atoms with Gasteiger partial charge in [0.25, 0.3) is 5.91 Å². The standard InChI is InChI=1S/C22H24FN3O4/c1-4-24-21(13(2)27)18(28)9-8-14-6-5-7-17-20(14)15(22(29)26(17)23)12-16-19(30-3)10-11-25-16/h5-7,10-13,18,21,24-25,27-28H,4H2,1-3H3/t13-,18+,21+/m1/s1. The van der Waals surface area contributed by atoms with Crippen molar-refractivity contribution in [2.75, 3.05) is 18.8 Å². The van der Waals surface area contributed by atoms with E-state index in [0.717, 1.165) is 0 Å². The predicted molar refractivity (Wildman–Crippen MR) is 112 cm³/mol. The number of hydrogen-bond donors (Lipinski definition) is 4. The van der Waals surface area contributed by atoms with Gasteiger partial charge in [0.2, 0.25) is 0 Å². The Bertz CT molecular complexity index is 1020. The van der Waals surface area contributed by atoms with E-state index >= 15 is 0 Å². The zero-order valence-electron chi connectivity index (χ0n) is 16.9. The summed E-state index contributed by atoms with van der Waals surface area (Å²) in [5, 5.41) is 23.3. The van der Waals surface area contributed by atoms with Crippen LogP contribution in [0.3, 0.4) is 0 Å². The van der Waals surface area contributed by atoms with Crippen LogP contribution in [0.15, 0.2) is 30.5 Å². The normalized spacial score (nSPS) is 17.3. The predicted octanol–water partition coefficient (Wildman–Crippen LogP) is 1.87. The number of likely N-dealkylation sites (N-methyl/N-ethyl adjacent to an activating group) is 1. The summed E-state index contributed by atoms with van der Waals surface area (Å²) in [6.07, 6.45) is 1.18. The fourth-order valence-corrected chi connectivity index (χ4v) is 3.37. The Morgan fingerprint density at radius 1 is 1.37 bits per heavy atom. The van der Waals surface area contributed by atoms with E-state index in [1.165, 1.54) is 19.3 Å². The number of halogens is 1. The Labute approximate surface area is 174 Å². The minimum absolute atomic E-state index is 0.0788. The quantitative estimate of drug-likeness (QED) is 0.329. The highest BCUT2D eigenvalue weighted by atomic mass is 19.2. The maximum atomic E-state index is 14.5. The second kappa shape index (κ2) is 9.13. The molecular weight excluding hydrogens is 389 g/mol. The number of benzene rings is 1. The summed E-state index contributed by atoms with van der Waals surface area (Å²) < 4.78 is 19.8. The van der Waals surface area contributed by atoms with E-state index in [-0.39, 0.29) is 16.4 Å². The van der Waals surface area contributed by atoms with Crippen molar-refractivity contribution < 1.29 is 24.2 Å². The van der Waals surface area contributed by atoms with Crippen molar-refractivity contribution in [1.29, 1.82) is 0 Å². The summed E-state index contributed by atoms with van der Waals surface area (Å²) in [6, 6.07) is 5.77. The highest BCUT2D eigenvalue weighted by molar-refractivity contribution is 6.35. The third kappa shape index (κ3) is 4.09. The van der Waals surface area contributed by atoms with E-state index in [1.807, 2.05) is 6.92 Å². The molecule has 0 saturated carbocycles. The minimum Gasteiger partial charge on any atom is -0.495 e. The Morgan fingerprint density at radius 3 is 2.80 bits per heavy atom. The van der Waals surface area contributed by atoms with Crippen molar-refractivity contribution >= 4 is 23.2 Å². The van der Waals surface area contributed by atoms with Crippen LogP contribution >= 0.6 is 0 Å². The second-order valence-electron chi connectivity index (χ2n) is 6.84. The Balaban J connectivity index is 2.05. The summed E-state index contributed by atoms with van der Waals surface area (Å²) in [5.74, 6) is 5.24. The van der Waals surface area contributed by atoms with Crippen LogP contribution in [0, 0.1) is 11.8 Å². The molecular formula is C22H24FN3O4. The number of H-pyrrole nitrogens is 1. The van der Waals surface area contributed by atoms with Crippen LogP contribution in [0.1, 0.15) is 30.7 Å². The number of fused-ring (bicyclic) bond motifs is 1. The molecule has 1 aliphatic heterocycles. The van der Waals surface area contributed by atoms with Gasteiger partial charge in [-0.2, -0.15) is 0 Å². The van der Waals surface area contributed by atoms with Gasteiger partial charge in [-0.15, -0.1) is 5.12 Å². The van der Waals surface area contributed by atoms with E-state index in [4.69, 9.17) is 4.74 Å². The van der Waals surface area contributed by atoms with Crippen molar-refractivity contribution in [2.24, 2.45) is 0 Å². The molecule has 3 atom stereocenters. The fraction of sp³-hybridized carbons (Fsp3) is 0.318. The van der Waals surface area contributed by atoms with Gasteiger partial charge in [0.15, 0.2) is 0 Å². The number of rotatable bonds is 6. The molecule has 0 aliphatic carbocycles. The summed E-state index contributed by atoms with van der Waals surface area (Å²) in [5.41, 5.74) is 1.44. The number of aliphatic hydroxyl groups excluding tert-OH is 2. The van der Waals surface area contributed by atoms with E-state index in [1.54, 1.807) is 31.3 Å². The van der Waals surface area contributed by atoms with E-state index < -0.39 is 24.2 Å². The average molecular weight is 413 g/mol. The van der Waals surface area contributed by atoms with Crippen LogP contribution in [0.5, 0.6) is 5.75 Å². The third-order valence-corrected chi connectivity index (χ3v) is 4.83. The van der Waals surface area contributed by atoms with Crippen molar-refractivity contribution in [3.8, 4) is 17.6 Å². The van der Waals surface area contributed by atoms with Crippen molar-refractivity contribution in [3.63, 3.8) is 0 Å². The molecule has 8 heteroatoms. The van der Waals surface area contributed by atoms with Gasteiger partial charge in [-0.25, -0.2) is 0 Å². The zero-order chi connectivity index (χ0) is 21.8. The lowest BCUT2D eigenvalue weighted by molar-refractivity contribution is -0.115. The minimum atomic E-state index is -1.16. The number of ether oxygens (including phenoxy) is 1. The molecule has 30 heavy (non-hydrogen) atoms. The number of aliphatic hydroxyl groups is 2. The number of carbonyl (C=O) groups excluding carboxylic acids is 1. The number of carbonyl (C=O) groups is 1. The molecule has 0 bridgehead atoms. The molecule has 7 nitrogen and oxygen atoms in total. The lowest BCUT2D eigenvalue weighted by atomic mass is 9.99. The van der Waals surface area contributed by atoms with Gasteiger partial charge in [0.05, 0.1) is 36.2 Å². The number of aromatic nitrogens is 1. The number of anilines is 1. The van der Waals surface area contributed by atoms with Crippen LogP contribution in [-0.4, -0.2) is 53.0 Å². The SMILES string of the molecule is CCN[C@@H]([C@@H](C)O)[C@@H](O)C#Cc1cccc2c1C(=Cc1[nH]ccc1OC)C(=O)N2F. The van der Waals surface area contributed by atoms with Gasteiger partial charge >= 0.3 is 0 Å². The maximum absolute atomic E-state index is 14.5. The van der Waals surface area contributed by atoms with Crippen molar-refractivity contribution in [2.45, 2.75) is 32.1 Å². The van der Waals surface area contributed by atoms with Gasteiger partial charge in [-0.05, 0) is 37.7 Å². The first-order valence-electron chi connectivity index (χ1n) is 9.56. The molecule has 0 saturated heterocycles. The fourth-order valence-electron chi connectivity index (χ4n) is 3.37. The molecule has 2 heterocycles. The lowest BCUT2D eigenvalue weighted by Crippen LogP contribution is -2.46. The first-order valence-corrected chi connectivity index (χ1v) is 9.56. The molecule has 1 aromatic carbocycles. The van der Waals surface area contributed by atoms with E-state index in [2.05, 4.69) is 22.1 Å². The monoisotopic (exact) mass is 413 g/mol. The van der Waals surface area contributed by atoms with Gasteiger partial charge in [0, 0.05) is 17.3 Å². The maximum Gasteiger partial charge on any atom is 0.287 e. The van der Waals surface area contributed by atoms with Crippen LogP contribution < -0.4 is 15.2 Å². The topological polar surface area (TPSA) is 97.8 Å². The van der Waals surface area contributed by atoms with Crippen LogP contribution in [0.25, 0.3) is 11.6 Å². The number of aromatic amines is 1. The molecule has 158 valence electrons.